The molecule has 1 aromatic carbocycles. The Morgan fingerprint density at radius 2 is 1.72 bits per heavy atom. The van der Waals surface area contributed by atoms with Gasteiger partial charge in [-0.1, -0.05) is 37.0 Å². The molecule has 0 heterocycles. The van der Waals surface area contributed by atoms with Crippen LogP contribution in [0.2, 0.25) is 10.0 Å². The molecule has 0 saturated carbocycles. The van der Waals surface area contributed by atoms with Crippen LogP contribution in [0.3, 0.4) is 0 Å². The third-order valence-electron chi connectivity index (χ3n) is 3.23. The van der Waals surface area contributed by atoms with Crippen LogP contribution in [0, 0.1) is 10.1 Å². The smallest absolute Gasteiger partial charge is 0.272 e. The zero-order valence-electron chi connectivity index (χ0n) is 10.6. The quantitative estimate of drug-likeness (QED) is 0.620. The van der Waals surface area contributed by atoms with E-state index in [4.69, 9.17) is 23.2 Å². The Morgan fingerprint density at radius 1 is 1.28 bits per heavy atom. The standard InChI is InChI=1S/C12H16Cl2N2O2/c1-4-12(3,5-2)15-11-9(13)6-8(16(17)18)7-10(11)14/h6-7,15H,4-5H2,1-3H3. The van der Waals surface area contributed by atoms with Gasteiger partial charge in [0.05, 0.1) is 20.7 Å². The van der Waals surface area contributed by atoms with Gasteiger partial charge < -0.3 is 5.32 Å². The predicted octanol–water partition coefficient (Wildman–Crippen LogP) is 4.89. The fourth-order valence-corrected chi connectivity index (χ4v) is 2.08. The molecule has 0 atom stereocenters. The number of hydrogen-bond donors (Lipinski definition) is 1. The van der Waals surface area contributed by atoms with Crippen molar-refractivity contribution >= 4 is 34.6 Å². The van der Waals surface area contributed by atoms with Gasteiger partial charge in [-0.3, -0.25) is 10.1 Å². The van der Waals surface area contributed by atoms with Crippen molar-refractivity contribution in [2.45, 2.75) is 39.2 Å². The van der Waals surface area contributed by atoms with E-state index in [1.165, 1.54) is 12.1 Å². The van der Waals surface area contributed by atoms with Crippen LogP contribution in [0.4, 0.5) is 11.4 Å². The first-order valence-corrected chi connectivity index (χ1v) is 6.50. The second-order valence-electron chi connectivity index (χ2n) is 4.43. The number of anilines is 1. The summed E-state index contributed by atoms with van der Waals surface area (Å²) in [6.45, 7) is 6.18. The Kier molecular flexibility index (Phi) is 4.82. The van der Waals surface area contributed by atoms with Gasteiger partial charge in [0, 0.05) is 17.7 Å². The second kappa shape index (κ2) is 5.76. The number of nitro benzene ring substituents is 1. The van der Waals surface area contributed by atoms with Gasteiger partial charge in [0.25, 0.3) is 5.69 Å². The second-order valence-corrected chi connectivity index (χ2v) is 5.25. The van der Waals surface area contributed by atoms with Crippen LogP contribution in [0.1, 0.15) is 33.6 Å². The summed E-state index contributed by atoms with van der Waals surface area (Å²) in [5.74, 6) is 0. The van der Waals surface area contributed by atoms with Crippen LogP contribution in [-0.2, 0) is 0 Å². The van der Waals surface area contributed by atoms with Gasteiger partial charge in [0.2, 0.25) is 0 Å². The molecule has 0 aromatic heterocycles. The van der Waals surface area contributed by atoms with Gasteiger partial charge in [-0.15, -0.1) is 0 Å². The monoisotopic (exact) mass is 290 g/mol. The van der Waals surface area contributed by atoms with Crippen LogP contribution in [0.25, 0.3) is 0 Å². The molecular formula is C12H16Cl2N2O2. The van der Waals surface area contributed by atoms with Gasteiger partial charge in [-0.25, -0.2) is 0 Å². The first kappa shape index (κ1) is 15.1. The van der Waals surface area contributed by atoms with E-state index in [0.717, 1.165) is 12.8 Å². The van der Waals surface area contributed by atoms with Crippen molar-refractivity contribution < 1.29 is 4.92 Å². The van der Waals surface area contributed by atoms with E-state index >= 15 is 0 Å². The van der Waals surface area contributed by atoms with Crippen molar-refractivity contribution in [3.05, 3.63) is 32.3 Å². The SMILES string of the molecule is CCC(C)(CC)Nc1c(Cl)cc([N+](=O)[O-])cc1Cl. The average Bonchev–Trinajstić information content (AvgIpc) is 2.33. The van der Waals surface area contributed by atoms with E-state index < -0.39 is 4.92 Å². The number of hydrogen-bond acceptors (Lipinski definition) is 3. The lowest BCUT2D eigenvalue weighted by molar-refractivity contribution is -0.384. The lowest BCUT2D eigenvalue weighted by Crippen LogP contribution is -2.33. The van der Waals surface area contributed by atoms with Crippen molar-refractivity contribution in [2.75, 3.05) is 5.32 Å². The summed E-state index contributed by atoms with van der Waals surface area (Å²) in [4.78, 5) is 10.2. The molecule has 0 aliphatic heterocycles. The third kappa shape index (κ3) is 3.27. The molecule has 0 amide bonds. The van der Waals surface area contributed by atoms with Crippen molar-refractivity contribution in [3.63, 3.8) is 0 Å². The zero-order valence-corrected chi connectivity index (χ0v) is 12.1. The Balaban J connectivity index is 3.15. The normalized spacial score (nSPS) is 11.4. The Hall–Kier alpha value is -1.00. The summed E-state index contributed by atoms with van der Waals surface area (Å²) in [5.41, 5.74) is 0.309. The molecule has 18 heavy (non-hydrogen) atoms. The molecule has 0 aliphatic carbocycles. The van der Waals surface area contributed by atoms with E-state index in [1.807, 2.05) is 0 Å². The molecule has 0 saturated heterocycles. The molecule has 0 unspecified atom stereocenters. The highest BCUT2D eigenvalue weighted by atomic mass is 35.5. The highest BCUT2D eigenvalue weighted by molar-refractivity contribution is 6.39. The summed E-state index contributed by atoms with van der Waals surface area (Å²) in [6.07, 6.45) is 1.79. The van der Waals surface area contributed by atoms with Gasteiger partial charge in [0.15, 0.2) is 0 Å². The summed E-state index contributed by atoms with van der Waals surface area (Å²) in [7, 11) is 0. The number of halogens is 2. The number of benzene rings is 1. The van der Waals surface area contributed by atoms with Gasteiger partial charge >= 0.3 is 0 Å². The Labute approximate surface area is 116 Å². The fourth-order valence-electron chi connectivity index (χ4n) is 1.51. The van der Waals surface area contributed by atoms with Crippen molar-refractivity contribution in [1.29, 1.82) is 0 Å². The van der Waals surface area contributed by atoms with E-state index in [-0.39, 0.29) is 21.3 Å². The minimum Gasteiger partial charge on any atom is -0.377 e. The molecule has 100 valence electrons. The highest BCUT2D eigenvalue weighted by Gasteiger charge is 2.23. The summed E-state index contributed by atoms with van der Waals surface area (Å²) >= 11 is 12.1. The first-order valence-electron chi connectivity index (χ1n) is 5.74. The fraction of sp³-hybridized carbons (Fsp3) is 0.500. The number of nitro groups is 1. The largest absolute Gasteiger partial charge is 0.377 e. The van der Waals surface area contributed by atoms with Gasteiger partial charge in [-0.2, -0.15) is 0 Å². The van der Waals surface area contributed by atoms with Crippen LogP contribution >= 0.6 is 23.2 Å². The topological polar surface area (TPSA) is 55.2 Å². The van der Waals surface area contributed by atoms with E-state index in [9.17, 15) is 10.1 Å². The van der Waals surface area contributed by atoms with Crippen molar-refractivity contribution in [3.8, 4) is 0 Å². The van der Waals surface area contributed by atoms with Crippen LogP contribution in [0.15, 0.2) is 12.1 Å². The van der Waals surface area contributed by atoms with E-state index in [1.54, 1.807) is 0 Å². The van der Waals surface area contributed by atoms with Gasteiger partial charge in [-0.05, 0) is 19.8 Å². The predicted molar refractivity (Wildman–Crippen MR) is 75.7 cm³/mol. The molecule has 0 fully saturated rings. The minimum atomic E-state index is -0.514. The van der Waals surface area contributed by atoms with E-state index in [0.29, 0.717) is 5.69 Å². The summed E-state index contributed by atoms with van der Waals surface area (Å²) in [6, 6.07) is 2.61. The molecule has 0 spiro atoms. The van der Waals surface area contributed by atoms with Crippen LogP contribution < -0.4 is 5.32 Å². The van der Waals surface area contributed by atoms with Crippen LogP contribution in [0.5, 0.6) is 0 Å². The minimum absolute atomic E-state index is 0.106. The zero-order chi connectivity index (χ0) is 13.9. The molecule has 1 N–H and O–H groups in total. The average molecular weight is 291 g/mol. The Bertz CT molecular complexity index is 436. The Morgan fingerprint density at radius 3 is 2.06 bits per heavy atom. The lowest BCUT2D eigenvalue weighted by atomic mass is 9.95. The molecular weight excluding hydrogens is 275 g/mol. The number of non-ortho nitro benzene ring substituents is 1. The molecule has 0 aliphatic rings. The number of nitrogens with one attached hydrogen (secondary N) is 1. The van der Waals surface area contributed by atoms with E-state index in [2.05, 4.69) is 26.1 Å². The number of nitrogens with zero attached hydrogens (tertiary/aromatic N) is 1. The molecule has 1 rings (SSSR count). The molecule has 6 heteroatoms. The molecule has 4 nitrogen and oxygen atoms in total. The van der Waals surface area contributed by atoms with Crippen molar-refractivity contribution in [1.82, 2.24) is 0 Å². The van der Waals surface area contributed by atoms with Crippen LogP contribution in [-0.4, -0.2) is 10.5 Å². The molecule has 0 radical (unpaired) electrons. The lowest BCUT2D eigenvalue weighted by Gasteiger charge is -2.30. The van der Waals surface area contributed by atoms with Gasteiger partial charge in [0.1, 0.15) is 0 Å². The first-order chi connectivity index (χ1) is 8.33. The highest BCUT2D eigenvalue weighted by Crippen LogP contribution is 2.37. The van der Waals surface area contributed by atoms with Crippen molar-refractivity contribution in [2.24, 2.45) is 0 Å². The third-order valence-corrected chi connectivity index (χ3v) is 3.82. The number of rotatable bonds is 5. The molecule has 1 aromatic rings. The maximum atomic E-state index is 10.7. The summed E-state index contributed by atoms with van der Waals surface area (Å²) < 4.78 is 0. The maximum absolute atomic E-state index is 10.7. The molecule has 0 bridgehead atoms. The summed E-state index contributed by atoms with van der Waals surface area (Å²) in [5, 5.41) is 14.5. The maximum Gasteiger partial charge on any atom is 0.272 e.